The zero-order chi connectivity index (χ0) is 24.9. The van der Waals surface area contributed by atoms with Gasteiger partial charge >= 0.3 is 5.97 Å². The molecule has 8 heteroatoms. The lowest BCUT2D eigenvalue weighted by Crippen LogP contribution is -2.68. The van der Waals surface area contributed by atoms with Crippen LogP contribution >= 0.6 is 0 Å². The van der Waals surface area contributed by atoms with Crippen LogP contribution in [0.1, 0.15) is 32.6 Å². The zero-order valence-electron chi connectivity index (χ0n) is 19.7. The average Bonchev–Trinajstić information content (AvgIpc) is 2.95. The van der Waals surface area contributed by atoms with Crippen LogP contribution in [0.2, 0.25) is 0 Å². The Balaban J connectivity index is 1.46. The molecule has 2 fully saturated rings. The van der Waals surface area contributed by atoms with Gasteiger partial charge in [-0.3, -0.25) is 4.79 Å². The van der Waals surface area contributed by atoms with Crippen molar-refractivity contribution in [1.29, 1.82) is 0 Å². The summed E-state index contributed by atoms with van der Waals surface area (Å²) in [4.78, 5) is 26.2. The lowest BCUT2D eigenvalue weighted by Gasteiger charge is -2.48. The van der Waals surface area contributed by atoms with E-state index in [1.165, 1.54) is 7.11 Å². The number of fused-ring (bicyclic) bond motifs is 1. The molecule has 0 bridgehead atoms. The van der Waals surface area contributed by atoms with Gasteiger partial charge in [-0.15, -0.1) is 0 Å². The fourth-order valence-electron chi connectivity index (χ4n) is 4.44. The van der Waals surface area contributed by atoms with Gasteiger partial charge in [0.15, 0.2) is 18.7 Å². The Morgan fingerprint density at radius 1 is 0.833 bits per heavy atom. The van der Waals surface area contributed by atoms with E-state index in [9.17, 15) is 9.59 Å². The van der Waals surface area contributed by atoms with Gasteiger partial charge in [0.25, 0.3) is 5.91 Å². The second kappa shape index (κ2) is 11.0. The van der Waals surface area contributed by atoms with Crippen molar-refractivity contribution in [2.24, 2.45) is 0 Å². The number of hydrogen-bond acceptors (Lipinski definition) is 7. The Bertz CT molecular complexity index is 1160. The first-order valence-electron chi connectivity index (χ1n) is 11.8. The number of nitrogens with one attached hydrogen (secondary N) is 1. The molecule has 3 aromatic rings. The summed E-state index contributed by atoms with van der Waals surface area (Å²) in [6.07, 6.45) is -3.82. The highest BCUT2D eigenvalue weighted by Gasteiger charge is 2.52. The molecule has 186 valence electrons. The van der Waals surface area contributed by atoms with Gasteiger partial charge in [0.2, 0.25) is 0 Å². The van der Waals surface area contributed by atoms with E-state index in [1.54, 1.807) is 48.5 Å². The topological polar surface area (TPSA) is 92.3 Å². The van der Waals surface area contributed by atoms with Gasteiger partial charge in [-0.1, -0.05) is 66.7 Å². The van der Waals surface area contributed by atoms with Gasteiger partial charge in [-0.2, -0.15) is 0 Å². The van der Waals surface area contributed by atoms with Crippen LogP contribution in [0, 0.1) is 0 Å². The second-order valence-electron chi connectivity index (χ2n) is 8.56. The van der Waals surface area contributed by atoms with E-state index >= 15 is 0 Å². The number of ether oxygens (including phenoxy) is 5. The Morgan fingerprint density at radius 2 is 1.44 bits per heavy atom. The molecule has 1 N–H and O–H groups in total. The number of carbonyl (C=O) groups is 2. The van der Waals surface area contributed by atoms with Crippen molar-refractivity contribution in [1.82, 2.24) is 5.32 Å². The highest BCUT2D eigenvalue weighted by Crippen LogP contribution is 2.35. The first-order chi connectivity index (χ1) is 17.6. The Kier molecular flexibility index (Phi) is 7.39. The lowest BCUT2D eigenvalue weighted by molar-refractivity contribution is -0.339. The van der Waals surface area contributed by atoms with E-state index < -0.39 is 42.9 Å². The van der Waals surface area contributed by atoms with Crippen LogP contribution < -0.4 is 5.32 Å². The minimum atomic E-state index is -0.980. The van der Waals surface area contributed by atoms with Crippen molar-refractivity contribution in [2.45, 2.75) is 36.9 Å². The molecule has 1 amide bonds. The molecule has 5 rings (SSSR count). The van der Waals surface area contributed by atoms with Gasteiger partial charge in [0.05, 0.1) is 12.2 Å². The third kappa shape index (κ3) is 5.17. The Labute approximate surface area is 209 Å². The molecule has 0 aliphatic carbocycles. The Hall–Kier alpha value is -3.56. The summed E-state index contributed by atoms with van der Waals surface area (Å²) >= 11 is 0. The molecule has 3 aromatic carbocycles. The molecule has 0 aromatic heterocycles. The highest BCUT2D eigenvalue weighted by molar-refractivity contribution is 5.94. The van der Waals surface area contributed by atoms with Crippen LogP contribution in [-0.4, -0.2) is 56.2 Å². The number of benzene rings is 3. The molecule has 8 nitrogen and oxygen atoms in total. The third-order valence-corrected chi connectivity index (χ3v) is 6.23. The number of esters is 1. The summed E-state index contributed by atoms with van der Waals surface area (Å²) in [7, 11) is 1.46. The summed E-state index contributed by atoms with van der Waals surface area (Å²) in [5, 5.41) is 3.02. The number of carbonyl (C=O) groups excluding carboxylic acids is 2. The lowest BCUT2D eigenvalue weighted by atomic mass is 9.94. The summed E-state index contributed by atoms with van der Waals surface area (Å²) < 4.78 is 29.8. The summed E-state index contributed by atoms with van der Waals surface area (Å²) in [6.45, 7) is 0.209. The van der Waals surface area contributed by atoms with Gasteiger partial charge in [0.1, 0.15) is 18.2 Å². The van der Waals surface area contributed by atoms with E-state index in [4.69, 9.17) is 23.7 Å². The maximum atomic E-state index is 13.2. The molecule has 6 atom stereocenters. The van der Waals surface area contributed by atoms with Gasteiger partial charge < -0.3 is 29.0 Å². The van der Waals surface area contributed by atoms with Crippen molar-refractivity contribution < 1.29 is 33.3 Å². The molecular formula is C28H27NO7. The first-order valence-corrected chi connectivity index (χ1v) is 11.8. The standard InChI is InChI=1S/C28H27NO7/c1-32-28-24(35-26(31)19-13-7-3-8-14-19)22(29-25(30)18-11-5-2-6-12-18)23-21(34-28)17-33-27(36-23)20-15-9-4-10-16-20/h2-16,21-24,27-28H,17H2,1H3,(H,29,30)/t21-,22+,23-,24-,27-,28+/m1/s1. The SMILES string of the molecule is CO[C@H]1O[C@@H]2CO[C@@H](c3ccccc3)O[C@H]2[C@H](NC(=O)c2ccccc2)[C@H]1OC(=O)c1ccccc1. The van der Waals surface area contributed by atoms with Crippen molar-refractivity contribution in [3.63, 3.8) is 0 Å². The summed E-state index contributed by atoms with van der Waals surface area (Å²) in [5.74, 6) is -0.890. The average molecular weight is 490 g/mol. The van der Waals surface area contributed by atoms with Crippen molar-refractivity contribution in [2.75, 3.05) is 13.7 Å². The summed E-state index contributed by atoms with van der Waals surface area (Å²) in [5.41, 5.74) is 1.67. The molecule has 36 heavy (non-hydrogen) atoms. The molecule has 2 aliphatic heterocycles. The summed E-state index contributed by atoms with van der Waals surface area (Å²) in [6, 6.07) is 26.2. The van der Waals surface area contributed by atoms with Crippen molar-refractivity contribution in [3.05, 3.63) is 108 Å². The monoisotopic (exact) mass is 489 g/mol. The fourth-order valence-corrected chi connectivity index (χ4v) is 4.44. The second-order valence-corrected chi connectivity index (χ2v) is 8.56. The number of amides is 1. The van der Waals surface area contributed by atoms with Crippen LogP contribution in [0.4, 0.5) is 0 Å². The van der Waals surface area contributed by atoms with Crippen LogP contribution in [-0.2, 0) is 23.7 Å². The minimum Gasteiger partial charge on any atom is -0.451 e. The van der Waals surface area contributed by atoms with Crippen LogP contribution in [0.25, 0.3) is 0 Å². The number of rotatable bonds is 6. The van der Waals surface area contributed by atoms with E-state index in [-0.39, 0.29) is 12.5 Å². The van der Waals surface area contributed by atoms with E-state index in [2.05, 4.69) is 5.32 Å². The van der Waals surface area contributed by atoms with Crippen molar-refractivity contribution in [3.8, 4) is 0 Å². The quantitative estimate of drug-likeness (QED) is 0.530. The van der Waals surface area contributed by atoms with Gasteiger partial charge in [-0.25, -0.2) is 4.79 Å². The highest BCUT2D eigenvalue weighted by atomic mass is 16.8. The Morgan fingerprint density at radius 3 is 2.08 bits per heavy atom. The van der Waals surface area contributed by atoms with Gasteiger partial charge in [-0.05, 0) is 24.3 Å². The molecule has 0 saturated carbocycles. The number of methoxy groups -OCH3 is 1. The van der Waals surface area contributed by atoms with E-state index in [0.717, 1.165) is 5.56 Å². The predicted molar refractivity (Wildman–Crippen MR) is 129 cm³/mol. The molecule has 0 spiro atoms. The molecule has 2 heterocycles. The molecular weight excluding hydrogens is 462 g/mol. The van der Waals surface area contributed by atoms with Crippen LogP contribution in [0.15, 0.2) is 91.0 Å². The zero-order valence-corrected chi connectivity index (χ0v) is 19.7. The predicted octanol–water partition coefficient (Wildman–Crippen LogP) is 3.50. The largest absolute Gasteiger partial charge is 0.451 e. The minimum absolute atomic E-state index is 0.209. The maximum Gasteiger partial charge on any atom is 0.338 e. The number of hydrogen-bond donors (Lipinski definition) is 1. The molecule has 2 aliphatic rings. The van der Waals surface area contributed by atoms with Crippen LogP contribution in [0.5, 0.6) is 0 Å². The smallest absolute Gasteiger partial charge is 0.338 e. The normalized spacial score (nSPS) is 27.5. The maximum absolute atomic E-state index is 13.2. The molecule has 0 unspecified atom stereocenters. The molecule has 2 saturated heterocycles. The van der Waals surface area contributed by atoms with E-state index in [1.807, 2.05) is 42.5 Å². The molecule has 0 radical (unpaired) electrons. The van der Waals surface area contributed by atoms with Crippen molar-refractivity contribution >= 4 is 11.9 Å². The third-order valence-electron chi connectivity index (χ3n) is 6.23. The van der Waals surface area contributed by atoms with Crippen LogP contribution in [0.3, 0.4) is 0 Å². The first kappa shape index (κ1) is 24.1. The fraction of sp³-hybridized carbons (Fsp3) is 0.286. The van der Waals surface area contributed by atoms with E-state index in [0.29, 0.717) is 11.1 Å². The van der Waals surface area contributed by atoms with Gasteiger partial charge in [0, 0.05) is 18.2 Å².